The minimum Gasteiger partial charge on any atom is -0.486 e. The molecule has 1 aromatic heterocycles. The molecule has 0 aliphatic rings. The van der Waals surface area contributed by atoms with Crippen LogP contribution in [-0.2, 0) is 4.79 Å². The first-order valence-electron chi connectivity index (χ1n) is 6.10. The van der Waals surface area contributed by atoms with Gasteiger partial charge in [0.1, 0.15) is 5.52 Å². The van der Waals surface area contributed by atoms with Crippen LogP contribution in [0.3, 0.4) is 0 Å². The van der Waals surface area contributed by atoms with Crippen LogP contribution in [0.15, 0.2) is 28.3 Å². The van der Waals surface area contributed by atoms with Crippen molar-refractivity contribution in [1.82, 2.24) is 4.98 Å². The lowest BCUT2D eigenvalue weighted by Crippen LogP contribution is -2.20. The van der Waals surface area contributed by atoms with Crippen molar-refractivity contribution in [2.24, 2.45) is 0 Å². The van der Waals surface area contributed by atoms with Crippen molar-refractivity contribution < 1.29 is 19.4 Å². The summed E-state index contributed by atoms with van der Waals surface area (Å²) in [6, 6.07) is 5.30. The highest BCUT2D eigenvalue weighted by atomic mass is 16.4. The number of rotatable bonds is 5. The molecule has 0 saturated heterocycles. The molecule has 0 amide bonds. The minimum atomic E-state index is -1.32. The molecular weight excluding hydrogens is 274 g/mol. The normalized spacial score (nSPS) is 11.4. The molecular formula is C14H13N3O4. The molecule has 2 aromatic rings. The van der Waals surface area contributed by atoms with Gasteiger partial charge in [0.25, 0.3) is 5.70 Å². The number of likely N-dealkylation sites (N-methyl/N-ethyl adjacent to an activating group) is 1. The predicted octanol–water partition coefficient (Wildman–Crippen LogP) is 1.60. The van der Waals surface area contributed by atoms with Crippen molar-refractivity contribution in [1.29, 1.82) is 0 Å². The molecule has 0 radical (unpaired) electrons. The van der Waals surface area contributed by atoms with Gasteiger partial charge in [0, 0.05) is 31.4 Å². The van der Waals surface area contributed by atoms with Crippen molar-refractivity contribution >= 4 is 28.8 Å². The van der Waals surface area contributed by atoms with Crippen LogP contribution in [0, 0.1) is 6.57 Å². The fourth-order valence-corrected chi connectivity index (χ4v) is 1.77. The fraction of sp³-hybridized carbons (Fsp3) is 0.214. The number of carboxylic acid groups (broad SMARTS) is 1. The van der Waals surface area contributed by atoms with E-state index in [9.17, 15) is 4.79 Å². The first-order chi connectivity index (χ1) is 10.0. The number of nitrogens with zero attached hydrogens (tertiary/aromatic N) is 3. The number of carboxylic acids is 1. The third kappa shape index (κ3) is 3.19. The maximum atomic E-state index is 10.8. The van der Waals surface area contributed by atoms with E-state index in [-0.39, 0.29) is 12.5 Å². The van der Waals surface area contributed by atoms with E-state index in [0.29, 0.717) is 17.6 Å². The van der Waals surface area contributed by atoms with Crippen LogP contribution in [0.5, 0.6) is 0 Å². The number of fused-ring (bicyclic) bond motifs is 1. The number of aliphatic carboxylic acids is 1. The quantitative estimate of drug-likeness (QED) is 0.641. The summed E-state index contributed by atoms with van der Waals surface area (Å²) in [6.07, 6.45) is 1.09. The van der Waals surface area contributed by atoms with Gasteiger partial charge in [-0.05, 0) is 12.1 Å². The van der Waals surface area contributed by atoms with E-state index in [1.165, 1.54) is 0 Å². The molecule has 0 unspecified atom stereocenters. The monoisotopic (exact) mass is 287 g/mol. The Labute approximate surface area is 120 Å². The topological polar surface area (TPSA) is 91.2 Å². The van der Waals surface area contributed by atoms with Crippen LogP contribution in [0.2, 0.25) is 0 Å². The summed E-state index contributed by atoms with van der Waals surface area (Å²) in [4.78, 5) is 19.6. The number of hydrogen-bond donors (Lipinski definition) is 2. The lowest BCUT2D eigenvalue weighted by atomic mass is 10.2. The van der Waals surface area contributed by atoms with Gasteiger partial charge in [0.15, 0.2) is 5.58 Å². The Kier molecular flexibility index (Phi) is 4.21. The highest BCUT2D eigenvalue weighted by Crippen LogP contribution is 2.23. The van der Waals surface area contributed by atoms with Gasteiger partial charge in [-0.3, -0.25) is 4.79 Å². The van der Waals surface area contributed by atoms with E-state index < -0.39 is 11.7 Å². The zero-order chi connectivity index (χ0) is 15.4. The number of anilines is 1. The van der Waals surface area contributed by atoms with Gasteiger partial charge in [0.2, 0.25) is 5.89 Å². The molecule has 108 valence electrons. The van der Waals surface area contributed by atoms with E-state index in [0.717, 1.165) is 11.8 Å². The van der Waals surface area contributed by atoms with Gasteiger partial charge >= 0.3 is 5.97 Å². The predicted molar refractivity (Wildman–Crippen MR) is 76.6 cm³/mol. The maximum absolute atomic E-state index is 10.8. The summed E-state index contributed by atoms with van der Waals surface area (Å²) in [5.41, 5.74) is 1.43. The van der Waals surface area contributed by atoms with Gasteiger partial charge in [-0.25, -0.2) is 9.83 Å². The lowest BCUT2D eigenvalue weighted by molar-refractivity contribution is -0.132. The molecule has 1 aromatic carbocycles. The molecule has 0 aliphatic carbocycles. The van der Waals surface area contributed by atoms with E-state index in [4.69, 9.17) is 21.2 Å². The van der Waals surface area contributed by atoms with Crippen LogP contribution in [-0.4, -0.2) is 41.4 Å². The number of hydrogen-bond acceptors (Lipinski definition) is 5. The van der Waals surface area contributed by atoms with Crippen LogP contribution >= 0.6 is 0 Å². The van der Waals surface area contributed by atoms with Gasteiger partial charge in [-0.2, -0.15) is 0 Å². The third-order valence-electron chi connectivity index (χ3n) is 2.86. The Morgan fingerprint density at radius 3 is 2.95 bits per heavy atom. The zero-order valence-corrected chi connectivity index (χ0v) is 11.3. The molecule has 7 heteroatoms. The second kappa shape index (κ2) is 6.07. The van der Waals surface area contributed by atoms with Gasteiger partial charge in [-0.15, -0.1) is 0 Å². The van der Waals surface area contributed by atoms with Crippen molar-refractivity contribution in [3.05, 3.63) is 41.2 Å². The average molecular weight is 287 g/mol. The van der Waals surface area contributed by atoms with Crippen molar-refractivity contribution in [2.45, 2.75) is 0 Å². The van der Waals surface area contributed by atoms with Crippen LogP contribution < -0.4 is 4.90 Å². The molecule has 0 atom stereocenters. The fourth-order valence-electron chi connectivity index (χ4n) is 1.77. The molecule has 2 rings (SSSR count). The van der Waals surface area contributed by atoms with Gasteiger partial charge in [0.05, 0.1) is 13.2 Å². The molecule has 1 heterocycles. The van der Waals surface area contributed by atoms with E-state index in [1.807, 2.05) is 18.0 Å². The highest BCUT2D eigenvalue weighted by molar-refractivity contribution is 5.93. The van der Waals surface area contributed by atoms with Gasteiger partial charge in [-0.1, -0.05) is 0 Å². The van der Waals surface area contributed by atoms with Crippen LogP contribution in [0.4, 0.5) is 5.69 Å². The third-order valence-corrected chi connectivity index (χ3v) is 2.86. The van der Waals surface area contributed by atoms with Crippen molar-refractivity contribution in [3.63, 3.8) is 0 Å². The summed E-state index contributed by atoms with van der Waals surface area (Å²) >= 11 is 0. The Morgan fingerprint density at radius 2 is 2.33 bits per heavy atom. The largest absolute Gasteiger partial charge is 0.486 e. The number of oxazole rings is 1. The molecule has 0 fully saturated rings. The lowest BCUT2D eigenvalue weighted by Gasteiger charge is -2.17. The number of carbonyl (C=O) groups is 1. The summed E-state index contributed by atoms with van der Waals surface area (Å²) in [5.74, 6) is -1.25. The van der Waals surface area contributed by atoms with E-state index >= 15 is 0 Å². The zero-order valence-electron chi connectivity index (χ0n) is 11.3. The van der Waals surface area contributed by atoms with E-state index in [1.54, 1.807) is 12.1 Å². The Morgan fingerprint density at radius 1 is 1.57 bits per heavy atom. The van der Waals surface area contributed by atoms with Crippen LogP contribution in [0.1, 0.15) is 5.89 Å². The maximum Gasteiger partial charge on any atom is 0.334 e. The SMILES string of the molecule is [C-]#[N+]/C(=C\c1nc2ccc(N(C)CCO)cc2o1)C(=O)O. The number of aliphatic hydroxyl groups is 1. The highest BCUT2D eigenvalue weighted by Gasteiger charge is 2.11. The molecule has 0 saturated carbocycles. The van der Waals surface area contributed by atoms with E-state index in [2.05, 4.69) is 9.83 Å². The number of aromatic nitrogens is 1. The summed E-state index contributed by atoms with van der Waals surface area (Å²) < 4.78 is 5.44. The first kappa shape index (κ1) is 14.6. The van der Waals surface area contributed by atoms with Gasteiger partial charge < -0.3 is 19.5 Å². The van der Waals surface area contributed by atoms with Crippen molar-refractivity contribution in [3.8, 4) is 0 Å². The standard InChI is InChI=1S/C14H13N3O4/c1-15-11(14(19)20)8-13-16-10-4-3-9(7-12(10)21-13)17(2)5-6-18/h3-4,7-8,18H,5-6H2,2H3,(H,19,20)/b11-8-. The Bertz CT molecular complexity index is 742. The summed E-state index contributed by atoms with van der Waals surface area (Å²) in [7, 11) is 1.83. The second-order valence-electron chi connectivity index (χ2n) is 4.30. The smallest absolute Gasteiger partial charge is 0.334 e. The van der Waals surface area contributed by atoms with Crippen molar-refractivity contribution in [2.75, 3.05) is 25.1 Å². The number of aliphatic hydroxyl groups excluding tert-OH is 1. The molecule has 7 nitrogen and oxygen atoms in total. The second-order valence-corrected chi connectivity index (χ2v) is 4.30. The Balaban J connectivity index is 2.39. The molecule has 0 spiro atoms. The summed E-state index contributed by atoms with van der Waals surface area (Å²) in [5, 5.41) is 17.7. The molecule has 0 aliphatic heterocycles. The minimum absolute atomic E-state index is 0.0336. The molecule has 2 N–H and O–H groups in total. The molecule has 21 heavy (non-hydrogen) atoms. The molecule has 0 bridgehead atoms. The average Bonchev–Trinajstić information content (AvgIpc) is 2.86. The first-order valence-corrected chi connectivity index (χ1v) is 6.10. The summed E-state index contributed by atoms with van der Waals surface area (Å²) in [6.45, 7) is 7.30. The van der Waals surface area contributed by atoms with Crippen LogP contribution in [0.25, 0.3) is 22.0 Å². The Hall–Kier alpha value is -2.85. The number of benzene rings is 1.